The number of ketones is 1. The van der Waals surface area contributed by atoms with Crippen LogP contribution in [0, 0.1) is 5.92 Å². The third kappa shape index (κ3) is 2.61. The van der Waals surface area contributed by atoms with Crippen molar-refractivity contribution in [3.05, 3.63) is 12.7 Å². The third-order valence-corrected chi connectivity index (χ3v) is 1.69. The van der Waals surface area contributed by atoms with Crippen LogP contribution in [0.15, 0.2) is 12.7 Å². The molecule has 0 spiro atoms. The molecule has 0 radical (unpaired) electrons. The van der Waals surface area contributed by atoms with Gasteiger partial charge in [-0.25, -0.2) is 4.79 Å². The van der Waals surface area contributed by atoms with Crippen LogP contribution < -0.4 is 0 Å². The van der Waals surface area contributed by atoms with Crippen molar-refractivity contribution >= 4 is 11.8 Å². The Morgan fingerprint density at radius 2 is 2.07 bits per heavy atom. The maximum absolute atomic E-state index is 13.1. The normalized spacial score (nSPS) is 13.1. The topological polar surface area (TPSA) is 43.4 Å². The van der Waals surface area contributed by atoms with Gasteiger partial charge in [-0.15, -0.1) is 6.58 Å². The first-order valence-electron chi connectivity index (χ1n) is 4.09. The molecule has 80 valence electrons. The molecule has 0 amide bonds. The lowest BCUT2D eigenvalue weighted by molar-refractivity contribution is -0.168. The fourth-order valence-electron chi connectivity index (χ4n) is 0.688. The van der Waals surface area contributed by atoms with Gasteiger partial charge in [0, 0.05) is 5.92 Å². The summed E-state index contributed by atoms with van der Waals surface area (Å²) < 4.78 is 30.3. The number of allylic oxidation sites excluding steroid dienone is 1. The number of Topliss-reactive ketones (excluding diaryl/α,β-unsaturated/α-hetero) is 1. The van der Waals surface area contributed by atoms with Crippen molar-refractivity contribution in [3.8, 4) is 0 Å². The molecule has 0 bridgehead atoms. The Hall–Kier alpha value is -1.26. The van der Waals surface area contributed by atoms with Gasteiger partial charge in [0.2, 0.25) is 0 Å². The number of hydrogen-bond acceptors (Lipinski definition) is 3. The van der Waals surface area contributed by atoms with Gasteiger partial charge < -0.3 is 4.74 Å². The van der Waals surface area contributed by atoms with Crippen LogP contribution in [0.4, 0.5) is 8.78 Å². The quantitative estimate of drug-likeness (QED) is 0.389. The molecular weight excluding hydrogens is 194 g/mol. The molecule has 0 aliphatic carbocycles. The molecule has 5 heteroatoms. The average Bonchev–Trinajstić information content (AvgIpc) is 2.15. The van der Waals surface area contributed by atoms with Crippen LogP contribution in [0.3, 0.4) is 0 Å². The van der Waals surface area contributed by atoms with Crippen LogP contribution in [0.5, 0.6) is 0 Å². The lowest BCUT2D eigenvalue weighted by atomic mass is 10.00. The number of hydrogen-bond donors (Lipinski definition) is 0. The molecule has 1 unspecified atom stereocenters. The number of alkyl halides is 2. The van der Waals surface area contributed by atoms with Gasteiger partial charge in [-0.2, -0.15) is 8.78 Å². The van der Waals surface area contributed by atoms with Crippen LogP contribution in [0.25, 0.3) is 0 Å². The van der Waals surface area contributed by atoms with E-state index in [-0.39, 0.29) is 6.61 Å². The van der Waals surface area contributed by atoms with E-state index in [0.29, 0.717) is 0 Å². The summed E-state index contributed by atoms with van der Waals surface area (Å²) in [7, 11) is 0. The van der Waals surface area contributed by atoms with Gasteiger partial charge >= 0.3 is 17.7 Å². The first-order valence-corrected chi connectivity index (χ1v) is 4.09. The van der Waals surface area contributed by atoms with Crippen molar-refractivity contribution in [2.24, 2.45) is 5.92 Å². The summed E-state index contributed by atoms with van der Waals surface area (Å²) in [6.07, 6.45) is 0.914. The highest BCUT2D eigenvalue weighted by molar-refractivity contribution is 6.36. The molecule has 0 aromatic carbocycles. The predicted molar refractivity (Wildman–Crippen MR) is 45.9 cm³/mol. The van der Waals surface area contributed by atoms with Gasteiger partial charge in [0.15, 0.2) is 0 Å². The van der Waals surface area contributed by atoms with Crippen LogP contribution in [-0.2, 0) is 14.3 Å². The number of carbonyl (C=O) groups excluding carboxylic acids is 2. The van der Waals surface area contributed by atoms with Gasteiger partial charge in [-0.3, -0.25) is 4.79 Å². The van der Waals surface area contributed by atoms with Gasteiger partial charge in [0.1, 0.15) is 0 Å². The second-order valence-electron chi connectivity index (χ2n) is 2.70. The summed E-state index contributed by atoms with van der Waals surface area (Å²) in [6, 6.07) is 0. The van der Waals surface area contributed by atoms with Crippen LogP contribution in [0.1, 0.15) is 13.8 Å². The Labute approximate surface area is 80.7 Å². The number of ether oxygens (including phenoxy) is 1. The lowest BCUT2D eigenvalue weighted by Gasteiger charge is -2.17. The van der Waals surface area contributed by atoms with E-state index in [2.05, 4.69) is 11.3 Å². The fourth-order valence-corrected chi connectivity index (χ4v) is 0.688. The molecule has 0 N–H and O–H groups in total. The maximum atomic E-state index is 13.1. The minimum atomic E-state index is -3.74. The Kier molecular flexibility index (Phi) is 4.40. The first-order chi connectivity index (χ1) is 6.37. The molecular formula is C9H12F2O3. The van der Waals surface area contributed by atoms with E-state index in [1.807, 2.05) is 0 Å². The van der Waals surface area contributed by atoms with Crippen LogP contribution in [-0.4, -0.2) is 24.3 Å². The third-order valence-electron chi connectivity index (χ3n) is 1.69. The zero-order valence-electron chi connectivity index (χ0n) is 8.05. The van der Waals surface area contributed by atoms with E-state index in [4.69, 9.17) is 0 Å². The summed E-state index contributed by atoms with van der Waals surface area (Å²) in [4.78, 5) is 21.6. The van der Waals surface area contributed by atoms with E-state index in [1.165, 1.54) is 6.92 Å². The highest BCUT2D eigenvalue weighted by Crippen LogP contribution is 2.26. The van der Waals surface area contributed by atoms with Crippen molar-refractivity contribution in [2.45, 2.75) is 19.8 Å². The lowest BCUT2D eigenvalue weighted by Crippen LogP contribution is -2.40. The number of rotatable bonds is 5. The molecule has 0 aliphatic heterocycles. The van der Waals surface area contributed by atoms with E-state index < -0.39 is 23.6 Å². The summed E-state index contributed by atoms with van der Waals surface area (Å²) in [6.45, 7) is 5.55. The summed E-state index contributed by atoms with van der Waals surface area (Å²) in [5.41, 5.74) is 0. The zero-order chi connectivity index (χ0) is 11.4. The minimum Gasteiger partial charge on any atom is -0.460 e. The Morgan fingerprint density at radius 1 is 1.57 bits per heavy atom. The number of carbonyl (C=O) groups is 2. The highest BCUT2D eigenvalue weighted by atomic mass is 19.3. The smallest absolute Gasteiger partial charge is 0.381 e. The molecule has 0 aromatic heterocycles. The molecule has 3 nitrogen and oxygen atoms in total. The Balaban J connectivity index is 4.65. The first kappa shape index (κ1) is 12.7. The molecule has 0 heterocycles. The number of halogens is 2. The van der Waals surface area contributed by atoms with E-state index in [0.717, 1.165) is 13.0 Å². The second kappa shape index (κ2) is 4.83. The van der Waals surface area contributed by atoms with Crippen molar-refractivity contribution in [1.29, 1.82) is 0 Å². The van der Waals surface area contributed by atoms with Crippen molar-refractivity contribution in [1.82, 2.24) is 0 Å². The standard InChI is InChI=1S/C9H12F2O3/c1-4-6(3)9(10,11)7(12)8(13)14-5-2/h4,6H,1,5H2,2-3H3. The van der Waals surface area contributed by atoms with Crippen molar-refractivity contribution in [3.63, 3.8) is 0 Å². The van der Waals surface area contributed by atoms with Crippen LogP contribution in [0.2, 0.25) is 0 Å². The Morgan fingerprint density at radius 3 is 2.43 bits per heavy atom. The Bertz CT molecular complexity index is 248. The largest absolute Gasteiger partial charge is 0.460 e. The predicted octanol–water partition coefficient (Wildman–Crippen LogP) is 1.58. The minimum absolute atomic E-state index is 0.108. The number of esters is 1. The highest BCUT2D eigenvalue weighted by Gasteiger charge is 2.47. The molecule has 14 heavy (non-hydrogen) atoms. The molecule has 1 atom stereocenters. The summed E-state index contributed by atoms with van der Waals surface area (Å²) >= 11 is 0. The molecule has 0 saturated carbocycles. The van der Waals surface area contributed by atoms with Gasteiger partial charge in [-0.05, 0) is 6.92 Å². The van der Waals surface area contributed by atoms with Crippen molar-refractivity contribution < 1.29 is 23.1 Å². The molecule has 0 aromatic rings. The molecule has 0 aliphatic rings. The molecule has 0 rings (SSSR count). The van der Waals surface area contributed by atoms with E-state index >= 15 is 0 Å². The van der Waals surface area contributed by atoms with Gasteiger partial charge in [-0.1, -0.05) is 13.0 Å². The van der Waals surface area contributed by atoms with E-state index in [1.54, 1.807) is 0 Å². The van der Waals surface area contributed by atoms with Gasteiger partial charge in [0.05, 0.1) is 6.61 Å². The monoisotopic (exact) mass is 206 g/mol. The summed E-state index contributed by atoms with van der Waals surface area (Å²) in [5, 5.41) is 0. The second-order valence-corrected chi connectivity index (χ2v) is 2.70. The molecule has 0 fully saturated rings. The zero-order valence-corrected chi connectivity index (χ0v) is 8.05. The molecule has 0 saturated heterocycles. The van der Waals surface area contributed by atoms with Gasteiger partial charge in [0.25, 0.3) is 0 Å². The maximum Gasteiger partial charge on any atom is 0.381 e. The van der Waals surface area contributed by atoms with Crippen molar-refractivity contribution in [2.75, 3.05) is 6.61 Å². The van der Waals surface area contributed by atoms with Crippen LogP contribution >= 0.6 is 0 Å². The SMILES string of the molecule is C=CC(C)C(F)(F)C(=O)C(=O)OCC. The average molecular weight is 206 g/mol. The summed E-state index contributed by atoms with van der Waals surface area (Å²) in [5.74, 6) is -8.47. The van der Waals surface area contributed by atoms with E-state index in [9.17, 15) is 18.4 Å². The fraction of sp³-hybridized carbons (Fsp3) is 0.556.